The number of rotatable bonds is 1. The Hall–Kier alpha value is -0.0400. The summed E-state index contributed by atoms with van der Waals surface area (Å²) in [6, 6.07) is 1.56. The molecular formula is C11H23N. The molecule has 4 atom stereocenters. The molecule has 1 aliphatic rings. The summed E-state index contributed by atoms with van der Waals surface area (Å²) in [5, 5.41) is 0. The van der Waals surface area contributed by atoms with Gasteiger partial charge >= 0.3 is 0 Å². The van der Waals surface area contributed by atoms with Gasteiger partial charge in [-0.25, -0.2) is 0 Å². The average Bonchev–Trinajstić information content (AvgIpc) is 2.02. The number of hydrogen-bond acceptors (Lipinski definition) is 1. The fourth-order valence-corrected chi connectivity index (χ4v) is 2.58. The van der Waals surface area contributed by atoms with Gasteiger partial charge in [-0.05, 0) is 38.6 Å². The topological polar surface area (TPSA) is 3.24 Å². The van der Waals surface area contributed by atoms with Crippen molar-refractivity contribution < 1.29 is 0 Å². The largest absolute Gasteiger partial charge is 0.298 e. The van der Waals surface area contributed by atoms with Crippen LogP contribution < -0.4 is 0 Å². The van der Waals surface area contributed by atoms with Gasteiger partial charge in [-0.15, -0.1) is 0 Å². The summed E-state index contributed by atoms with van der Waals surface area (Å²) < 4.78 is 0. The highest BCUT2D eigenvalue weighted by Gasteiger charge is 2.32. The molecule has 0 radical (unpaired) electrons. The van der Waals surface area contributed by atoms with Gasteiger partial charge in [0.25, 0.3) is 0 Å². The van der Waals surface area contributed by atoms with E-state index in [1.165, 1.54) is 13.0 Å². The highest BCUT2D eigenvalue weighted by atomic mass is 15.2. The molecule has 0 aromatic rings. The molecule has 0 saturated carbocycles. The third kappa shape index (κ3) is 1.66. The Balaban J connectivity index is 2.67. The summed E-state index contributed by atoms with van der Waals surface area (Å²) in [4.78, 5) is 2.64. The predicted molar refractivity (Wildman–Crippen MR) is 54.2 cm³/mol. The van der Waals surface area contributed by atoms with Gasteiger partial charge in [0, 0.05) is 12.1 Å². The van der Waals surface area contributed by atoms with Gasteiger partial charge in [0.1, 0.15) is 0 Å². The second kappa shape index (κ2) is 3.78. The molecule has 0 aromatic heterocycles. The first-order chi connectivity index (χ1) is 5.57. The van der Waals surface area contributed by atoms with Gasteiger partial charge in [0.05, 0.1) is 0 Å². The van der Waals surface area contributed by atoms with Crippen LogP contribution in [0, 0.1) is 11.8 Å². The second-order valence-corrected chi connectivity index (χ2v) is 4.50. The minimum Gasteiger partial charge on any atom is -0.298 e. The molecule has 1 heterocycles. The lowest BCUT2D eigenvalue weighted by atomic mass is 9.81. The van der Waals surface area contributed by atoms with Crippen molar-refractivity contribution in [2.75, 3.05) is 6.54 Å². The molecule has 12 heavy (non-hydrogen) atoms. The van der Waals surface area contributed by atoms with Crippen LogP contribution in [0.25, 0.3) is 0 Å². The first kappa shape index (κ1) is 10.0. The van der Waals surface area contributed by atoms with E-state index in [1.807, 2.05) is 0 Å². The van der Waals surface area contributed by atoms with Crippen molar-refractivity contribution in [3.63, 3.8) is 0 Å². The van der Waals surface area contributed by atoms with Crippen molar-refractivity contribution in [3.05, 3.63) is 0 Å². The molecule has 1 aliphatic heterocycles. The highest BCUT2D eigenvalue weighted by Crippen LogP contribution is 2.31. The monoisotopic (exact) mass is 169 g/mol. The minimum absolute atomic E-state index is 0.779. The minimum atomic E-state index is 0.779. The molecule has 0 spiro atoms. The van der Waals surface area contributed by atoms with E-state index in [9.17, 15) is 0 Å². The van der Waals surface area contributed by atoms with Crippen LogP contribution in [0.1, 0.15) is 41.0 Å². The van der Waals surface area contributed by atoms with Crippen LogP contribution in [0.2, 0.25) is 0 Å². The Morgan fingerprint density at radius 2 is 1.42 bits per heavy atom. The summed E-state index contributed by atoms with van der Waals surface area (Å²) in [6.07, 6.45) is 1.40. The van der Waals surface area contributed by atoms with E-state index in [-0.39, 0.29) is 0 Å². The van der Waals surface area contributed by atoms with Crippen LogP contribution >= 0.6 is 0 Å². The van der Waals surface area contributed by atoms with E-state index in [2.05, 4.69) is 39.5 Å². The van der Waals surface area contributed by atoms with Crippen LogP contribution in [-0.4, -0.2) is 23.5 Å². The number of nitrogens with zero attached hydrogens (tertiary/aromatic N) is 1. The zero-order valence-corrected chi connectivity index (χ0v) is 9.17. The average molecular weight is 169 g/mol. The van der Waals surface area contributed by atoms with E-state index in [0.29, 0.717) is 0 Å². The fraction of sp³-hybridized carbons (Fsp3) is 1.00. The van der Waals surface area contributed by atoms with E-state index in [0.717, 1.165) is 23.9 Å². The SMILES string of the molecule is CCN1C(C)[C@H](C)CC(C)[C@@H]1C. The zero-order chi connectivity index (χ0) is 9.30. The van der Waals surface area contributed by atoms with Crippen LogP contribution in [-0.2, 0) is 0 Å². The molecule has 2 unspecified atom stereocenters. The number of likely N-dealkylation sites (tertiary alicyclic amines) is 1. The zero-order valence-electron chi connectivity index (χ0n) is 9.17. The van der Waals surface area contributed by atoms with Crippen molar-refractivity contribution >= 4 is 0 Å². The molecule has 1 heteroatoms. The summed E-state index contributed by atoms with van der Waals surface area (Å²) >= 11 is 0. The molecule has 0 aromatic carbocycles. The Morgan fingerprint density at radius 3 is 1.75 bits per heavy atom. The molecule has 0 aliphatic carbocycles. The maximum Gasteiger partial charge on any atom is 0.00954 e. The fourth-order valence-electron chi connectivity index (χ4n) is 2.58. The van der Waals surface area contributed by atoms with Crippen LogP contribution in [0.3, 0.4) is 0 Å². The maximum atomic E-state index is 2.64. The lowest BCUT2D eigenvalue weighted by Crippen LogP contribution is -2.51. The first-order valence-electron chi connectivity index (χ1n) is 5.33. The molecule has 1 rings (SSSR count). The molecular weight excluding hydrogens is 146 g/mol. The Labute approximate surface area is 77.1 Å². The molecule has 1 nitrogen and oxygen atoms in total. The molecule has 72 valence electrons. The van der Waals surface area contributed by atoms with Crippen LogP contribution in [0.15, 0.2) is 0 Å². The Kier molecular flexibility index (Phi) is 3.16. The van der Waals surface area contributed by atoms with Crippen molar-refractivity contribution in [3.8, 4) is 0 Å². The summed E-state index contributed by atoms with van der Waals surface area (Å²) in [6.45, 7) is 13.0. The molecule has 0 N–H and O–H groups in total. The van der Waals surface area contributed by atoms with E-state index in [1.54, 1.807) is 0 Å². The van der Waals surface area contributed by atoms with Crippen molar-refractivity contribution in [2.45, 2.75) is 53.1 Å². The van der Waals surface area contributed by atoms with E-state index < -0.39 is 0 Å². The quantitative estimate of drug-likeness (QED) is 0.583. The van der Waals surface area contributed by atoms with Gasteiger partial charge in [-0.3, -0.25) is 4.90 Å². The third-order valence-corrected chi connectivity index (χ3v) is 3.80. The Bertz CT molecular complexity index is 130. The molecule has 0 bridgehead atoms. The van der Waals surface area contributed by atoms with E-state index >= 15 is 0 Å². The highest BCUT2D eigenvalue weighted by molar-refractivity contribution is 4.86. The summed E-state index contributed by atoms with van der Waals surface area (Å²) in [5.74, 6) is 1.74. The third-order valence-electron chi connectivity index (χ3n) is 3.80. The summed E-state index contributed by atoms with van der Waals surface area (Å²) in [7, 11) is 0. The van der Waals surface area contributed by atoms with Gasteiger partial charge in [-0.1, -0.05) is 20.8 Å². The molecule has 1 saturated heterocycles. The van der Waals surface area contributed by atoms with Gasteiger partial charge in [0.2, 0.25) is 0 Å². The van der Waals surface area contributed by atoms with E-state index in [4.69, 9.17) is 0 Å². The van der Waals surface area contributed by atoms with Crippen molar-refractivity contribution in [2.24, 2.45) is 11.8 Å². The maximum absolute atomic E-state index is 2.64. The first-order valence-corrected chi connectivity index (χ1v) is 5.33. The second-order valence-electron chi connectivity index (χ2n) is 4.50. The predicted octanol–water partition coefficient (Wildman–Crippen LogP) is 2.76. The molecule has 1 fully saturated rings. The molecule has 0 amide bonds. The smallest absolute Gasteiger partial charge is 0.00954 e. The number of hydrogen-bond donors (Lipinski definition) is 0. The van der Waals surface area contributed by atoms with Crippen molar-refractivity contribution in [1.29, 1.82) is 0 Å². The lowest BCUT2D eigenvalue weighted by Gasteiger charge is -2.45. The van der Waals surface area contributed by atoms with Gasteiger partial charge in [-0.2, -0.15) is 0 Å². The van der Waals surface area contributed by atoms with Crippen molar-refractivity contribution in [1.82, 2.24) is 4.90 Å². The number of piperidine rings is 1. The van der Waals surface area contributed by atoms with Crippen LogP contribution in [0.4, 0.5) is 0 Å². The lowest BCUT2D eigenvalue weighted by molar-refractivity contribution is 0.0326. The standard InChI is InChI=1S/C11H23N/c1-6-12-10(4)8(2)7-9(3)11(12)5/h8-11H,6-7H2,1-5H3/t8-,9?,10?,11+/m1/s1. The summed E-state index contributed by atoms with van der Waals surface area (Å²) in [5.41, 5.74) is 0. The van der Waals surface area contributed by atoms with Gasteiger partial charge < -0.3 is 0 Å². The van der Waals surface area contributed by atoms with Gasteiger partial charge in [0.15, 0.2) is 0 Å². The van der Waals surface area contributed by atoms with Crippen LogP contribution in [0.5, 0.6) is 0 Å². The Morgan fingerprint density at radius 1 is 1.00 bits per heavy atom. The normalized spacial score (nSPS) is 44.8.